The number of nitrogen functional groups attached to an aromatic ring is 1. The molecule has 2 N–H and O–H groups in total. The fourth-order valence-electron chi connectivity index (χ4n) is 2.01. The number of nitrogens with zero attached hydrogens (tertiary/aromatic N) is 2. The SMILES string of the molecule is COc1ccc2c(c1)nc(N)n2CC1CC1. The average molecular weight is 217 g/mol. The molecule has 0 aliphatic heterocycles. The second-order valence-corrected chi connectivity index (χ2v) is 4.38. The van der Waals surface area contributed by atoms with Gasteiger partial charge >= 0.3 is 0 Å². The molecule has 1 aliphatic rings. The van der Waals surface area contributed by atoms with Crippen molar-refractivity contribution < 1.29 is 4.74 Å². The van der Waals surface area contributed by atoms with Crippen molar-refractivity contribution in [1.82, 2.24) is 9.55 Å². The van der Waals surface area contributed by atoms with Gasteiger partial charge in [0.2, 0.25) is 5.95 Å². The number of fused-ring (bicyclic) bond motifs is 1. The van der Waals surface area contributed by atoms with Crippen LogP contribution in [-0.2, 0) is 6.54 Å². The second kappa shape index (κ2) is 3.40. The molecule has 4 heteroatoms. The van der Waals surface area contributed by atoms with Crippen LogP contribution >= 0.6 is 0 Å². The van der Waals surface area contributed by atoms with Gasteiger partial charge in [0, 0.05) is 12.6 Å². The van der Waals surface area contributed by atoms with Gasteiger partial charge in [-0.05, 0) is 30.9 Å². The Hall–Kier alpha value is -1.71. The molecule has 0 unspecified atom stereocenters. The van der Waals surface area contributed by atoms with Crippen molar-refractivity contribution >= 4 is 17.0 Å². The summed E-state index contributed by atoms with van der Waals surface area (Å²) < 4.78 is 7.28. The fraction of sp³-hybridized carbons (Fsp3) is 0.417. The third-order valence-electron chi connectivity index (χ3n) is 3.12. The minimum atomic E-state index is 0.607. The Kier molecular flexibility index (Phi) is 2.02. The summed E-state index contributed by atoms with van der Waals surface area (Å²) in [5.74, 6) is 2.22. The zero-order valence-corrected chi connectivity index (χ0v) is 9.31. The number of rotatable bonds is 3. The maximum absolute atomic E-state index is 5.93. The molecule has 0 spiro atoms. The molecular formula is C12H15N3O. The Morgan fingerprint density at radius 2 is 2.31 bits per heavy atom. The van der Waals surface area contributed by atoms with Crippen LogP contribution in [0.3, 0.4) is 0 Å². The largest absolute Gasteiger partial charge is 0.497 e. The predicted octanol–water partition coefficient (Wildman–Crippen LogP) is 2.04. The topological polar surface area (TPSA) is 53.1 Å². The smallest absolute Gasteiger partial charge is 0.201 e. The van der Waals surface area contributed by atoms with Gasteiger partial charge in [-0.25, -0.2) is 4.98 Å². The molecule has 0 amide bonds. The van der Waals surface area contributed by atoms with Gasteiger partial charge in [0.25, 0.3) is 0 Å². The summed E-state index contributed by atoms with van der Waals surface area (Å²) in [6, 6.07) is 5.90. The lowest BCUT2D eigenvalue weighted by molar-refractivity contribution is 0.415. The Balaban J connectivity index is 2.08. The summed E-state index contributed by atoms with van der Waals surface area (Å²) in [6.45, 7) is 0.995. The fourth-order valence-corrected chi connectivity index (χ4v) is 2.01. The van der Waals surface area contributed by atoms with Crippen molar-refractivity contribution in [2.45, 2.75) is 19.4 Å². The molecule has 0 saturated heterocycles. The predicted molar refractivity (Wildman–Crippen MR) is 63.4 cm³/mol. The summed E-state index contributed by atoms with van der Waals surface area (Å²) in [5.41, 5.74) is 7.95. The number of benzene rings is 1. The lowest BCUT2D eigenvalue weighted by atomic mass is 10.3. The lowest BCUT2D eigenvalue weighted by Gasteiger charge is -2.05. The van der Waals surface area contributed by atoms with E-state index in [1.54, 1.807) is 7.11 Å². The zero-order chi connectivity index (χ0) is 11.1. The van der Waals surface area contributed by atoms with Crippen LogP contribution in [0.4, 0.5) is 5.95 Å². The summed E-state index contributed by atoms with van der Waals surface area (Å²) >= 11 is 0. The number of hydrogen-bond acceptors (Lipinski definition) is 3. The molecule has 1 aromatic heterocycles. The van der Waals surface area contributed by atoms with Crippen molar-refractivity contribution in [2.75, 3.05) is 12.8 Å². The molecule has 1 saturated carbocycles. The first-order valence-corrected chi connectivity index (χ1v) is 5.57. The highest BCUT2D eigenvalue weighted by Gasteiger charge is 2.23. The van der Waals surface area contributed by atoms with E-state index in [1.165, 1.54) is 12.8 Å². The number of methoxy groups -OCH3 is 1. The highest BCUT2D eigenvalue weighted by molar-refractivity contribution is 5.79. The second-order valence-electron chi connectivity index (χ2n) is 4.38. The number of imidazole rings is 1. The zero-order valence-electron chi connectivity index (χ0n) is 9.31. The van der Waals surface area contributed by atoms with E-state index in [0.29, 0.717) is 5.95 Å². The Labute approximate surface area is 94.0 Å². The minimum absolute atomic E-state index is 0.607. The van der Waals surface area contributed by atoms with Crippen LogP contribution in [0.5, 0.6) is 5.75 Å². The van der Waals surface area contributed by atoms with Crippen molar-refractivity contribution in [3.05, 3.63) is 18.2 Å². The van der Waals surface area contributed by atoms with E-state index in [4.69, 9.17) is 10.5 Å². The van der Waals surface area contributed by atoms with Gasteiger partial charge in [0.05, 0.1) is 18.1 Å². The molecule has 1 fully saturated rings. The van der Waals surface area contributed by atoms with Gasteiger partial charge in [0.15, 0.2) is 0 Å². The van der Waals surface area contributed by atoms with E-state index < -0.39 is 0 Å². The molecule has 4 nitrogen and oxygen atoms in total. The third kappa shape index (κ3) is 1.50. The standard InChI is InChI=1S/C12H15N3O/c1-16-9-4-5-11-10(6-9)14-12(13)15(11)7-8-2-3-8/h4-6,8H,2-3,7H2,1H3,(H2,13,14). The highest BCUT2D eigenvalue weighted by atomic mass is 16.5. The number of aromatic nitrogens is 2. The van der Waals surface area contributed by atoms with Crippen LogP contribution in [0.1, 0.15) is 12.8 Å². The van der Waals surface area contributed by atoms with E-state index >= 15 is 0 Å². The number of hydrogen-bond donors (Lipinski definition) is 1. The molecule has 16 heavy (non-hydrogen) atoms. The van der Waals surface area contributed by atoms with Crippen molar-refractivity contribution in [2.24, 2.45) is 5.92 Å². The highest BCUT2D eigenvalue weighted by Crippen LogP contribution is 2.33. The molecule has 2 aromatic rings. The van der Waals surface area contributed by atoms with E-state index in [2.05, 4.69) is 9.55 Å². The molecule has 3 rings (SSSR count). The normalized spacial score (nSPS) is 15.6. The van der Waals surface area contributed by atoms with E-state index in [9.17, 15) is 0 Å². The van der Waals surface area contributed by atoms with Crippen molar-refractivity contribution in [3.63, 3.8) is 0 Å². The average Bonchev–Trinajstić information content (AvgIpc) is 3.04. The molecule has 1 aromatic carbocycles. The summed E-state index contributed by atoms with van der Waals surface area (Å²) in [4.78, 5) is 4.36. The first-order chi connectivity index (χ1) is 7.78. The summed E-state index contributed by atoms with van der Waals surface area (Å²) in [6.07, 6.45) is 2.63. The summed E-state index contributed by atoms with van der Waals surface area (Å²) in [7, 11) is 1.66. The van der Waals surface area contributed by atoms with E-state index in [-0.39, 0.29) is 0 Å². The van der Waals surface area contributed by atoms with Gasteiger partial charge in [-0.15, -0.1) is 0 Å². The third-order valence-corrected chi connectivity index (χ3v) is 3.12. The van der Waals surface area contributed by atoms with Crippen LogP contribution in [0, 0.1) is 5.92 Å². The maximum Gasteiger partial charge on any atom is 0.201 e. The molecular weight excluding hydrogens is 202 g/mol. The van der Waals surface area contributed by atoms with E-state index in [0.717, 1.165) is 29.2 Å². The van der Waals surface area contributed by atoms with E-state index in [1.807, 2.05) is 18.2 Å². The monoisotopic (exact) mass is 217 g/mol. The quantitative estimate of drug-likeness (QED) is 0.856. The Morgan fingerprint density at radius 1 is 1.50 bits per heavy atom. The molecule has 1 aliphatic carbocycles. The molecule has 84 valence electrons. The number of ether oxygens (including phenoxy) is 1. The van der Waals surface area contributed by atoms with Gasteiger partial charge in [-0.3, -0.25) is 0 Å². The van der Waals surface area contributed by atoms with Crippen molar-refractivity contribution in [3.8, 4) is 5.75 Å². The van der Waals surface area contributed by atoms with Crippen molar-refractivity contribution in [1.29, 1.82) is 0 Å². The molecule has 0 bridgehead atoms. The molecule has 0 radical (unpaired) electrons. The lowest BCUT2D eigenvalue weighted by Crippen LogP contribution is -2.04. The van der Waals surface area contributed by atoms with Gasteiger partial charge < -0.3 is 15.0 Å². The maximum atomic E-state index is 5.93. The van der Waals surface area contributed by atoms with Gasteiger partial charge in [-0.1, -0.05) is 0 Å². The number of anilines is 1. The number of nitrogens with two attached hydrogens (primary N) is 1. The van der Waals surface area contributed by atoms with Crippen LogP contribution in [0.2, 0.25) is 0 Å². The molecule has 0 atom stereocenters. The molecule has 1 heterocycles. The van der Waals surface area contributed by atoms with Crippen LogP contribution in [0.25, 0.3) is 11.0 Å². The minimum Gasteiger partial charge on any atom is -0.497 e. The van der Waals surface area contributed by atoms with Crippen LogP contribution < -0.4 is 10.5 Å². The van der Waals surface area contributed by atoms with Crippen LogP contribution in [-0.4, -0.2) is 16.7 Å². The van der Waals surface area contributed by atoms with Gasteiger partial charge in [-0.2, -0.15) is 0 Å². The Bertz CT molecular complexity index is 528. The first kappa shape index (κ1) is 9.51. The van der Waals surface area contributed by atoms with Crippen LogP contribution in [0.15, 0.2) is 18.2 Å². The van der Waals surface area contributed by atoms with Gasteiger partial charge in [0.1, 0.15) is 5.75 Å². The summed E-state index contributed by atoms with van der Waals surface area (Å²) in [5, 5.41) is 0. The first-order valence-electron chi connectivity index (χ1n) is 5.57. The Morgan fingerprint density at radius 3 is 3.00 bits per heavy atom.